The number of halogens is 2. The Morgan fingerprint density at radius 1 is 1.11 bits per heavy atom. The molecule has 0 radical (unpaired) electrons. The fraction of sp³-hybridized carbons (Fsp3) is 0.267. The van der Waals surface area contributed by atoms with Crippen molar-refractivity contribution in [2.45, 2.75) is 25.9 Å². The van der Waals surface area contributed by atoms with E-state index in [1.807, 2.05) is 25.1 Å². The summed E-state index contributed by atoms with van der Waals surface area (Å²) in [5.41, 5.74) is 2.00. The summed E-state index contributed by atoms with van der Waals surface area (Å²) in [5, 5.41) is 3.31. The van der Waals surface area contributed by atoms with Gasteiger partial charge in [-0.3, -0.25) is 4.98 Å². The fourth-order valence-corrected chi connectivity index (χ4v) is 1.79. The summed E-state index contributed by atoms with van der Waals surface area (Å²) < 4.78 is 24.8. The lowest BCUT2D eigenvalue weighted by molar-refractivity contribution is 0.151. The highest BCUT2D eigenvalue weighted by Gasteiger charge is 2.07. The van der Waals surface area contributed by atoms with Gasteiger partial charge in [0.2, 0.25) is 0 Å². The average Bonchev–Trinajstić information content (AvgIpc) is 2.46. The second-order valence-electron chi connectivity index (χ2n) is 4.40. The first-order valence-electron chi connectivity index (χ1n) is 6.18. The summed E-state index contributed by atoms with van der Waals surface area (Å²) >= 11 is 0. The van der Waals surface area contributed by atoms with Crippen LogP contribution >= 0.6 is 0 Å². The van der Waals surface area contributed by atoms with Crippen molar-refractivity contribution in [1.29, 1.82) is 0 Å². The van der Waals surface area contributed by atoms with Gasteiger partial charge >= 0.3 is 0 Å². The van der Waals surface area contributed by atoms with Crippen LogP contribution in [0.15, 0.2) is 48.7 Å². The van der Waals surface area contributed by atoms with Gasteiger partial charge in [0.25, 0.3) is 6.43 Å². The maximum Gasteiger partial charge on any atom is 0.263 e. The molecule has 0 saturated heterocycles. The molecule has 2 nitrogen and oxygen atoms in total. The van der Waals surface area contributed by atoms with Crippen LogP contribution in [-0.4, -0.2) is 4.98 Å². The molecule has 0 amide bonds. The quantitative estimate of drug-likeness (QED) is 0.884. The lowest BCUT2D eigenvalue weighted by Gasteiger charge is -2.13. The van der Waals surface area contributed by atoms with Crippen LogP contribution in [0.3, 0.4) is 0 Å². The highest BCUT2D eigenvalue weighted by atomic mass is 19.3. The molecule has 2 rings (SSSR count). The number of hydrogen-bond acceptors (Lipinski definition) is 2. The summed E-state index contributed by atoms with van der Waals surface area (Å²) in [6, 6.07) is 12.3. The Balaban J connectivity index is 1.92. The maximum absolute atomic E-state index is 12.4. The third-order valence-electron chi connectivity index (χ3n) is 2.98. The molecule has 1 aromatic carbocycles. The number of rotatable bonds is 5. The molecule has 0 aliphatic carbocycles. The first kappa shape index (κ1) is 13.6. The van der Waals surface area contributed by atoms with Gasteiger partial charge in [-0.05, 0) is 24.6 Å². The topological polar surface area (TPSA) is 24.9 Å². The predicted octanol–water partition coefficient (Wildman–Crippen LogP) is 3.87. The van der Waals surface area contributed by atoms with E-state index in [0.29, 0.717) is 6.54 Å². The van der Waals surface area contributed by atoms with Gasteiger partial charge in [0.05, 0.1) is 5.69 Å². The molecular formula is C15H16F2N2. The van der Waals surface area contributed by atoms with Gasteiger partial charge in [0.1, 0.15) is 0 Å². The maximum atomic E-state index is 12.4. The molecule has 0 saturated carbocycles. The fourth-order valence-electron chi connectivity index (χ4n) is 1.79. The summed E-state index contributed by atoms with van der Waals surface area (Å²) in [7, 11) is 0. The van der Waals surface area contributed by atoms with E-state index < -0.39 is 6.43 Å². The smallest absolute Gasteiger partial charge is 0.263 e. The minimum atomic E-state index is -2.41. The minimum Gasteiger partial charge on any atom is -0.305 e. The van der Waals surface area contributed by atoms with Crippen molar-refractivity contribution in [2.75, 3.05) is 0 Å². The van der Waals surface area contributed by atoms with E-state index in [-0.39, 0.29) is 11.6 Å². The Kier molecular flexibility index (Phi) is 4.58. The zero-order chi connectivity index (χ0) is 13.7. The SMILES string of the molecule is CC(NCc1ccc(C(F)F)cc1)c1ccccn1. The highest BCUT2D eigenvalue weighted by Crippen LogP contribution is 2.19. The zero-order valence-electron chi connectivity index (χ0n) is 10.7. The Morgan fingerprint density at radius 3 is 2.42 bits per heavy atom. The van der Waals surface area contributed by atoms with E-state index in [1.54, 1.807) is 18.3 Å². The van der Waals surface area contributed by atoms with Gasteiger partial charge < -0.3 is 5.32 Å². The Hall–Kier alpha value is -1.81. The molecule has 4 heteroatoms. The standard InChI is InChI=1S/C15H16F2N2/c1-11(14-4-2-3-9-18-14)19-10-12-5-7-13(8-6-12)15(16)17/h2-9,11,15,19H,10H2,1H3. The lowest BCUT2D eigenvalue weighted by atomic mass is 10.1. The average molecular weight is 262 g/mol. The van der Waals surface area contributed by atoms with Crippen LogP contribution in [0, 0.1) is 0 Å². The van der Waals surface area contributed by atoms with E-state index in [2.05, 4.69) is 10.3 Å². The predicted molar refractivity (Wildman–Crippen MR) is 70.9 cm³/mol. The second kappa shape index (κ2) is 6.38. The molecule has 0 fully saturated rings. The molecule has 1 unspecified atom stereocenters. The molecule has 0 aliphatic rings. The molecule has 1 N–H and O–H groups in total. The van der Waals surface area contributed by atoms with Gasteiger partial charge in [-0.15, -0.1) is 0 Å². The van der Waals surface area contributed by atoms with Crippen molar-refractivity contribution in [2.24, 2.45) is 0 Å². The number of hydrogen-bond donors (Lipinski definition) is 1. The molecule has 1 aromatic heterocycles. The van der Waals surface area contributed by atoms with Crippen molar-refractivity contribution in [3.05, 3.63) is 65.5 Å². The van der Waals surface area contributed by atoms with Gasteiger partial charge in [-0.25, -0.2) is 8.78 Å². The Morgan fingerprint density at radius 2 is 1.84 bits per heavy atom. The Bertz CT molecular complexity index is 497. The summed E-state index contributed by atoms with van der Waals surface area (Å²) in [5.74, 6) is 0. The molecule has 0 bridgehead atoms. The second-order valence-corrected chi connectivity index (χ2v) is 4.40. The molecule has 0 spiro atoms. The number of benzene rings is 1. The van der Waals surface area contributed by atoms with Crippen molar-refractivity contribution in [1.82, 2.24) is 10.3 Å². The highest BCUT2D eigenvalue weighted by molar-refractivity contribution is 5.23. The van der Waals surface area contributed by atoms with E-state index in [0.717, 1.165) is 11.3 Å². The normalized spacial score (nSPS) is 12.6. The van der Waals surface area contributed by atoms with Gasteiger partial charge in [-0.1, -0.05) is 30.3 Å². The van der Waals surface area contributed by atoms with E-state index in [9.17, 15) is 8.78 Å². The van der Waals surface area contributed by atoms with Crippen LogP contribution in [0.2, 0.25) is 0 Å². The number of nitrogens with one attached hydrogen (secondary N) is 1. The van der Waals surface area contributed by atoms with Crippen LogP contribution in [-0.2, 0) is 6.54 Å². The molecule has 1 atom stereocenters. The first-order chi connectivity index (χ1) is 9.16. The summed E-state index contributed by atoms with van der Waals surface area (Å²) in [6.07, 6.45) is -0.653. The van der Waals surface area contributed by atoms with Crippen LogP contribution in [0.5, 0.6) is 0 Å². The van der Waals surface area contributed by atoms with E-state index in [4.69, 9.17) is 0 Å². The monoisotopic (exact) mass is 262 g/mol. The van der Waals surface area contributed by atoms with Crippen LogP contribution in [0.4, 0.5) is 8.78 Å². The lowest BCUT2D eigenvalue weighted by Crippen LogP contribution is -2.18. The zero-order valence-corrected chi connectivity index (χ0v) is 10.7. The third kappa shape index (κ3) is 3.83. The molecular weight excluding hydrogens is 246 g/mol. The van der Waals surface area contributed by atoms with Crippen molar-refractivity contribution < 1.29 is 8.78 Å². The van der Waals surface area contributed by atoms with Crippen LogP contribution < -0.4 is 5.32 Å². The largest absolute Gasteiger partial charge is 0.305 e. The van der Waals surface area contributed by atoms with Gasteiger partial charge in [-0.2, -0.15) is 0 Å². The minimum absolute atomic E-state index is 0.0570. The van der Waals surface area contributed by atoms with Crippen molar-refractivity contribution in [3.8, 4) is 0 Å². The molecule has 0 aliphatic heterocycles. The van der Waals surface area contributed by atoms with Crippen LogP contribution in [0.25, 0.3) is 0 Å². The number of aromatic nitrogens is 1. The Labute approximate surface area is 111 Å². The molecule has 2 aromatic rings. The third-order valence-corrected chi connectivity index (χ3v) is 2.98. The molecule has 1 heterocycles. The number of pyridine rings is 1. The molecule has 19 heavy (non-hydrogen) atoms. The summed E-state index contributed by atoms with van der Waals surface area (Å²) in [6.45, 7) is 2.65. The number of alkyl halides is 2. The van der Waals surface area contributed by atoms with E-state index >= 15 is 0 Å². The van der Waals surface area contributed by atoms with Gasteiger partial charge in [0.15, 0.2) is 0 Å². The van der Waals surface area contributed by atoms with Crippen molar-refractivity contribution >= 4 is 0 Å². The first-order valence-corrected chi connectivity index (χ1v) is 6.18. The van der Waals surface area contributed by atoms with Crippen molar-refractivity contribution in [3.63, 3.8) is 0 Å². The van der Waals surface area contributed by atoms with Gasteiger partial charge in [0, 0.05) is 24.3 Å². The number of nitrogens with zero attached hydrogens (tertiary/aromatic N) is 1. The molecule has 100 valence electrons. The summed E-state index contributed by atoms with van der Waals surface area (Å²) in [4.78, 5) is 4.27. The van der Waals surface area contributed by atoms with E-state index in [1.165, 1.54) is 12.1 Å². The van der Waals surface area contributed by atoms with Crippen LogP contribution in [0.1, 0.15) is 36.2 Å².